The number of allylic oxidation sites excluding steroid dienone is 1. The van der Waals surface area contributed by atoms with Crippen LogP contribution < -0.4 is 9.80 Å². The number of amides is 2. The number of hydrogen-bond acceptors (Lipinski definition) is 7. The number of rotatable bonds is 7. The van der Waals surface area contributed by atoms with Gasteiger partial charge in [0.25, 0.3) is 5.91 Å². The van der Waals surface area contributed by atoms with Gasteiger partial charge in [0.1, 0.15) is 17.6 Å². The molecule has 9 heteroatoms. The van der Waals surface area contributed by atoms with Crippen LogP contribution in [-0.4, -0.2) is 77.9 Å². The number of aliphatic hydroxyl groups excluding tert-OH is 1. The summed E-state index contributed by atoms with van der Waals surface area (Å²) in [5.74, 6) is -3.24. The Balaban J connectivity index is 1.49. The number of likely N-dealkylation sites (tertiary alicyclic amines) is 1. The Morgan fingerprint density at radius 1 is 0.955 bits per heavy atom. The zero-order valence-electron chi connectivity index (χ0n) is 25.6. The number of cyclic esters (lactones) is 1. The summed E-state index contributed by atoms with van der Waals surface area (Å²) in [5.41, 5.74) is -0.184. The molecule has 6 rings (SSSR count). The predicted molar refractivity (Wildman–Crippen MR) is 167 cm³/mol. The molecule has 4 aliphatic heterocycles. The van der Waals surface area contributed by atoms with Crippen LogP contribution in [0.2, 0.25) is 0 Å². The van der Waals surface area contributed by atoms with E-state index in [0.717, 1.165) is 18.8 Å². The van der Waals surface area contributed by atoms with Crippen molar-refractivity contribution in [3.05, 3.63) is 84.5 Å². The van der Waals surface area contributed by atoms with Crippen molar-refractivity contribution in [2.24, 2.45) is 11.8 Å². The third-order valence-electron chi connectivity index (χ3n) is 9.67. The Kier molecular flexibility index (Phi) is 8.11. The number of hydrogen-bond donors (Lipinski definition) is 1. The largest absolute Gasteiger partial charge is 0.465 e. The molecule has 2 aromatic carbocycles. The number of esters is 1. The lowest BCUT2D eigenvalue weighted by Crippen LogP contribution is -2.57. The molecule has 2 aromatic rings. The van der Waals surface area contributed by atoms with Crippen LogP contribution in [0.3, 0.4) is 0 Å². The lowest BCUT2D eigenvalue weighted by molar-refractivity contribution is -0.159. The fourth-order valence-corrected chi connectivity index (χ4v) is 7.60. The van der Waals surface area contributed by atoms with E-state index in [-0.39, 0.29) is 19.1 Å². The van der Waals surface area contributed by atoms with Gasteiger partial charge < -0.3 is 29.3 Å². The van der Waals surface area contributed by atoms with Gasteiger partial charge >= 0.3 is 5.97 Å². The topological polar surface area (TPSA) is 99.6 Å². The first-order valence-electron chi connectivity index (χ1n) is 15.7. The minimum atomic E-state index is -1.45. The standard InChI is InChI=1S/C35H41N3O6/c1-4-36(5-2)25-15-17-26(18-16-25)37-21-12-20-35-28(29-33(42)43-22-11-7-10-19-34(29,3)44-35)31(40)38(30(35)32(37)41)27(23-39)24-13-8-6-9-14-24/h6,8-10,12-20,27-30,39H,4-5,7,11,21-23H2,1-3H3/b19-10-/t27-,28+,29+,30?,34-,35+/m1/s1. The van der Waals surface area contributed by atoms with Gasteiger partial charge in [0.15, 0.2) is 0 Å². The molecule has 2 amide bonds. The van der Waals surface area contributed by atoms with E-state index in [0.29, 0.717) is 24.1 Å². The number of carbonyl (C=O) groups is 3. The van der Waals surface area contributed by atoms with E-state index in [2.05, 4.69) is 18.7 Å². The number of benzene rings is 2. The monoisotopic (exact) mass is 599 g/mol. The highest BCUT2D eigenvalue weighted by atomic mass is 16.6. The minimum absolute atomic E-state index is 0.242. The molecule has 0 radical (unpaired) electrons. The van der Waals surface area contributed by atoms with Crippen LogP contribution in [0.25, 0.3) is 0 Å². The molecule has 44 heavy (non-hydrogen) atoms. The summed E-state index contributed by atoms with van der Waals surface area (Å²) >= 11 is 0. The predicted octanol–water partition coefficient (Wildman–Crippen LogP) is 4.03. The van der Waals surface area contributed by atoms with E-state index >= 15 is 0 Å². The van der Waals surface area contributed by atoms with E-state index in [9.17, 15) is 19.5 Å². The Bertz CT molecular complexity index is 1450. The average Bonchev–Trinajstić information content (AvgIpc) is 3.38. The van der Waals surface area contributed by atoms with Crippen molar-refractivity contribution in [3.63, 3.8) is 0 Å². The van der Waals surface area contributed by atoms with Crippen LogP contribution in [0.15, 0.2) is 78.9 Å². The second-order valence-electron chi connectivity index (χ2n) is 12.1. The molecule has 1 N–H and O–H groups in total. The first kappa shape index (κ1) is 30.1. The minimum Gasteiger partial charge on any atom is -0.465 e. The summed E-state index contributed by atoms with van der Waals surface area (Å²) in [4.78, 5) is 48.7. The number of nitrogens with zero attached hydrogens (tertiary/aromatic N) is 3. The molecular formula is C35H41N3O6. The molecule has 4 aliphatic rings. The number of anilines is 2. The summed E-state index contributed by atoms with van der Waals surface area (Å²) < 4.78 is 12.6. The summed E-state index contributed by atoms with van der Waals surface area (Å²) in [6, 6.07) is 15.1. The Hall–Kier alpha value is -3.95. The molecular weight excluding hydrogens is 558 g/mol. The van der Waals surface area contributed by atoms with E-state index in [1.165, 1.54) is 4.90 Å². The SMILES string of the molecule is CCN(CC)c1ccc(N2CC=C[C@]34O[C@]5(C)/C=C\CCCOC(=O)[C@@H]5[C@H]3C(=O)N([C@H](CO)c3ccccc3)C4C2=O)cc1. The first-order chi connectivity index (χ1) is 21.3. The maximum Gasteiger partial charge on any atom is 0.313 e. The molecule has 0 aliphatic carbocycles. The first-order valence-corrected chi connectivity index (χ1v) is 15.7. The van der Waals surface area contributed by atoms with Crippen molar-refractivity contribution in [1.82, 2.24) is 4.90 Å². The van der Waals surface area contributed by atoms with Gasteiger partial charge in [-0.3, -0.25) is 14.4 Å². The van der Waals surface area contributed by atoms with Gasteiger partial charge in [-0.25, -0.2) is 0 Å². The normalized spacial score (nSPS) is 31.2. The second kappa shape index (κ2) is 11.9. The van der Waals surface area contributed by atoms with Gasteiger partial charge in [-0.15, -0.1) is 0 Å². The fourth-order valence-electron chi connectivity index (χ4n) is 7.60. The highest BCUT2D eigenvalue weighted by Gasteiger charge is 2.75. The van der Waals surface area contributed by atoms with Crippen LogP contribution in [0.5, 0.6) is 0 Å². The van der Waals surface area contributed by atoms with E-state index < -0.39 is 53.6 Å². The number of aliphatic hydroxyl groups is 1. The molecule has 6 atom stereocenters. The van der Waals surface area contributed by atoms with Crippen molar-refractivity contribution in [2.45, 2.75) is 56.9 Å². The second-order valence-corrected chi connectivity index (χ2v) is 12.1. The third kappa shape index (κ3) is 4.73. The Morgan fingerprint density at radius 2 is 1.68 bits per heavy atom. The van der Waals surface area contributed by atoms with E-state index in [4.69, 9.17) is 9.47 Å². The van der Waals surface area contributed by atoms with Crippen LogP contribution in [0, 0.1) is 11.8 Å². The van der Waals surface area contributed by atoms with Gasteiger partial charge in [0, 0.05) is 31.0 Å². The zero-order chi connectivity index (χ0) is 31.1. The van der Waals surface area contributed by atoms with Gasteiger partial charge in [0.05, 0.1) is 30.8 Å². The van der Waals surface area contributed by atoms with Crippen LogP contribution in [0.1, 0.15) is 45.2 Å². The highest BCUT2D eigenvalue weighted by molar-refractivity contribution is 6.06. The van der Waals surface area contributed by atoms with Crippen molar-refractivity contribution in [2.75, 3.05) is 42.6 Å². The summed E-state index contributed by atoms with van der Waals surface area (Å²) in [5, 5.41) is 10.7. The lowest BCUT2D eigenvalue weighted by Gasteiger charge is -2.40. The van der Waals surface area contributed by atoms with Crippen LogP contribution in [-0.2, 0) is 23.9 Å². The molecule has 1 spiro atoms. The van der Waals surface area contributed by atoms with Crippen LogP contribution >= 0.6 is 0 Å². The molecule has 4 heterocycles. The van der Waals surface area contributed by atoms with Crippen LogP contribution in [0.4, 0.5) is 11.4 Å². The van der Waals surface area contributed by atoms with E-state index in [1.807, 2.05) is 78.9 Å². The maximum atomic E-state index is 14.9. The molecule has 9 nitrogen and oxygen atoms in total. The van der Waals surface area contributed by atoms with Crippen molar-refractivity contribution in [1.29, 1.82) is 0 Å². The van der Waals surface area contributed by atoms with Gasteiger partial charge in [-0.2, -0.15) is 0 Å². The van der Waals surface area contributed by atoms with Gasteiger partial charge in [0.2, 0.25) is 5.91 Å². The Morgan fingerprint density at radius 3 is 2.36 bits per heavy atom. The third-order valence-corrected chi connectivity index (χ3v) is 9.67. The molecule has 0 aromatic heterocycles. The maximum absolute atomic E-state index is 14.9. The lowest BCUT2D eigenvalue weighted by atomic mass is 9.74. The number of ether oxygens (including phenoxy) is 2. The fraction of sp³-hybridized carbons (Fsp3) is 0.457. The van der Waals surface area contributed by atoms with Crippen molar-refractivity contribution < 1.29 is 29.0 Å². The van der Waals surface area contributed by atoms with E-state index in [1.54, 1.807) is 11.8 Å². The molecule has 232 valence electrons. The van der Waals surface area contributed by atoms with Gasteiger partial charge in [-0.1, -0.05) is 54.6 Å². The Labute approximate surface area is 258 Å². The average molecular weight is 600 g/mol. The van der Waals surface area contributed by atoms with Crippen molar-refractivity contribution >= 4 is 29.2 Å². The molecule has 0 bridgehead atoms. The highest BCUT2D eigenvalue weighted by Crippen LogP contribution is 2.58. The zero-order valence-corrected chi connectivity index (χ0v) is 25.6. The van der Waals surface area contributed by atoms with Crippen molar-refractivity contribution in [3.8, 4) is 0 Å². The molecule has 2 fully saturated rings. The summed E-state index contributed by atoms with van der Waals surface area (Å²) in [7, 11) is 0. The molecule has 2 saturated heterocycles. The molecule has 0 saturated carbocycles. The summed E-state index contributed by atoms with van der Waals surface area (Å²) in [6.45, 7) is 7.82. The molecule has 1 unspecified atom stereocenters. The smallest absolute Gasteiger partial charge is 0.313 e. The summed E-state index contributed by atoms with van der Waals surface area (Å²) in [6.07, 6.45) is 8.88. The van der Waals surface area contributed by atoms with Gasteiger partial charge in [-0.05, 0) is 63.4 Å². The quantitative estimate of drug-likeness (QED) is 0.379. The number of fused-ring (bicyclic) bond motifs is 2. The number of carbonyl (C=O) groups excluding carboxylic acids is 3.